The van der Waals surface area contributed by atoms with E-state index in [9.17, 15) is 9.18 Å². The van der Waals surface area contributed by atoms with Crippen LogP contribution < -0.4 is 0 Å². The van der Waals surface area contributed by atoms with Crippen LogP contribution in [0.15, 0.2) is 48.7 Å². The van der Waals surface area contributed by atoms with E-state index in [0.717, 1.165) is 35.1 Å². The lowest BCUT2D eigenvalue weighted by Gasteiger charge is -2.44. The molecule has 29 heavy (non-hydrogen) atoms. The van der Waals surface area contributed by atoms with E-state index in [-0.39, 0.29) is 11.5 Å². The monoisotopic (exact) mass is 390 g/mol. The molecule has 5 rings (SSSR count). The van der Waals surface area contributed by atoms with Crippen LogP contribution in [0.4, 0.5) is 4.39 Å². The molecular weight excluding hydrogens is 367 g/mol. The molecular formula is C23H23FN4O. The topological polar surface area (TPSA) is 49.3 Å². The Kier molecular flexibility index (Phi) is 4.72. The summed E-state index contributed by atoms with van der Waals surface area (Å²) in [7, 11) is 0. The predicted octanol–water partition coefficient (Wildman–Crippen LogP) is 3.28. The number of benzene rings is 2. The minimum Gasteiger partial charge on any atom is -0.335 e. The van der Waals surface area contributed by atoms with Crippen LogP contribution in [0.25, 0.3) is 10.8 Å². The Morgan fingerprint density at radius 1 is 1.10 bits per heavy atom. The summed E-state index contributed by atoms with van der Waals surface area (Å²) in [5.41, 5.74) is 1.83. The first-order chi connectivity index (χ1) is 14.2. The van der Waals surface area contributed by atoms with Crippen LogP contribution in [-0.2, 0) is 6.42 Å². The van der Waals surface area contributed by atoms with Crippen molar-refractivity contribution in [3.8, 4) is 0 Å². The van der Waals surface area contributed by atoms with Crippen molar-refractivity contribution in [1.29, 1.82) is 0 Å². The van der Waals surface area contributed by atoms with Gasteiger partial charge < -0.3 is 4.90 Å². The van der Waals surface area contributed by atoms with Crippen LogP contribution in [0.5, 0.6) is 0 Å². The lowest BCUT2D eigenvalue weighted by Crippen LogP contribution is -2.60. The molecule has 6 heteroatoms. The van der Waals surface area contributed by atoms with Crippen molar-refractivity contribution in [2.45, 2.75) is 25.3 Å². The van der Waals surface area contributed by atoms with Crippen molar-refractivity contribution in [2.75, 3.05) is 26.2 Å². The summed E-state index contributed by atoms with van der Waals surface area (Å²) in [4.78, 5) is 17.1. The van der Waals surface area contributed by atoms with Crippen molar-refractivity contribution < 1.29 is 9.18 Å². The van der Waals surface area contributed by atoms with E-state index in [2.05, 4.69) is 15.1 Å². The Morgan fingerprint density at radius 3 is 2.72 bits per heavy atom. The highest BCUT2D eigenvalue weighted by molar-refractivity contribution is 5.95. The standard InChI is InChI=1S/C23H23FN4O/c24-21-8-7-16(12-22-19-6-2-1-5-17(19)13-25-26-22)11-20(21)23(29)28-14-18(15-28)27-9-3-4-10-27/h1-2,5-8,11,13,18H,3-4,9-10,12,14-15H2. The molecule has 2 aromatic carbocycles. The number of carbonyl (C=O) groups excluding carboxylic acids is 1. The van der Waals surface area contributed by atoms with E-state index in [1.807, 2.05) is 24.3 Å². The van der Waals surface area contributed by atoms with E-state index in [4.69, 9.17) is 0 Å². The van der Waals surface area contributed by atoms with E-state index >= 15 is 0 Å². The van der Waals surface area contributed by atoms with Crippen molar-refractivity contribution in [2.24, 2.45) is 0 Å². The van der Waals surface area contributed by atoms with Gasteiger partial charge in [0.25, 0.3) is 5.91 Å². The summed E-state index contributed by atoms with van der Waals surface area (Å²) in [5.74, 6) is -0.684. The zero-order chi connectivity index (χ0) is 19.8. The quantitative estimate of drug-likeness (QED) is 0.686. The molecule has 2 saturated heterocycles. The fraction of sp³-hybridized carbons (Fsp3) is 0.348. The van der Waals surface area contributed by atoms with Crippen LogP contribution in [-0.4, -0.2) is 58.1 Å². The second-order valence-electron chi connectivity index (χ2n) is 7.98. The third kappa shape index (κ3) is 3.49. The van der Waals surface area contributed by atoms with Crippen LogP contribution in [0.1, 0.15) is 34.5 Å². The van der Waals surface area contributed by atoms with Gasteiger partial charge in [-0.2, -0.15) is 10.2 Å². The molecule has 0 spiro atoms. The molecule has 1 aromatic heterocycles. The van der Waals surface area contributed by atoms with Crippen LogP contribution in [0.3, 0.4) is 0 Å². The van der Waals surface area contributed by atoms with Crippen molar-refractivity contribution >= 4 is 16.7 Å². The molecule has 2 aliphatic rings. The van der Waals surface area contributed by atoms with Gasteiger partial charge in [-0.05, 0) is 43.6 Å². The van der Waals surface area contributed by atoms with Gasteiger partial charge in [-0.25, -0.2) is 4.39 Å². The van der Waals surface area contributed by atoms with E-state index in [1.54, 1.807) is 23.2 Å². The highest BCUT2D eigenvalue weighted by Crippen LogP contribution is 2.24. The first kappa shape index (κ1) is 18.2. The number of fused-ring (bicyclic) bond motifs is 1. The van der Waals surface area contributed by atoms with E-state index < -0.39 is 5.82 Å². The number of aromatic nitrogens is 2. The Hall–Kier alpha value is -2.86. The molecule has 0 atom stereocenters. The highest BCUT2D eigenvalue weighted by Gasteiger charge is 2.36. The van der Waals surface area contributed by atoms with Gasteiger partial charge in [-0.15, -0.1) is 0 Å². The first-order valence-electron chi connectivity index (χ1n) is 10.2. The van der Waals surface area contributed by atoms with Gasteiger partial charge in [0.15, 0.2) is 0 Å². The van der Waals surface area contributed by atoms with Gasteiger partial charge >= 0.3 is 0 Å². The second kappa shape index (κ2) is 7.52. The lowest BCUT2D eigenvalue weighted by molar-refractivity contribution is 0.0330. The molecule has 148 valence electrons. The van der Waals surface area contributed by atoms with E-state index in [0.29, 0.717) is 25.6 Å². The summed E-state index contributed by atoms with van der Waals surface area (Å²) < 4.78 is 14.4. The van der Waals surface area contributed by atoms with Gasteiger partial charge in [-0.1, -0.05) is 30.3 Å². The molecule has 3 heterocycles. The van der Waals surface area contributed by atoms with Crippen molar-refractivity contribution in [3.05, 3.63) is 71.3 Å². The number of nitrogens with zero attached hydrogens (tertiary/aromatic N) is 4. The Bertz CT molecular complexity index is 1050. The molecule has 0 aliphatic carbocycles. The number of carbonyl (C=O) groups is 1. The third-order valence-electron chi connectivity index (χ3n) is 6.09. The van der Waals surface area contributed by atoms with Crippen molar-refractivity contribution in [3.63, 3.8) is 0 Å². The molecule has 0 saturated carbocycles. The fourth-order valence-electron chi connectivity index (χ4n) is 4.39. The molecule has 2 fully saturated rings. The molecule has 3 aromatic rings. The molecule has 0 unspecified atom stereocenters. The zero-order valence-corrected chi connectivity index (χ0v) is 16.2. The maximum atomic E-state index is 14.4. The Morgan fingerprint density at radius 2 is 1.90 bits per heavy atom. The number of amides is 1. The summed E-state index contributed by atoms with van der Waals surface area (Å²) in [6.45, 7) is 3.61. The maximum Gasteiger partial charge on any atom is 0.256 e. The minimum atomic E-state index is -0.465. The number of hydrogen-bond donors (Lipinski definition) is 0. The number of halogens is 1. The lowest BCUT2D eigenvalue weighted by atomic mass is 10.0. The normalized spacial score (nSPS) is 17.6. The Balaban J connectivity index is 1.34. The first-order valence-corrected chi connectivity index (χ1v) is 10.2. The molecule has 5 nitrogen and oxygen atoms in total. The minimum absolute atomic E-state index is 0.149. The summed E-state index contributed by atoms with van der Waals surface area (Å²) in [6.07, 6.45) is 4.71. The van der Waals surface area contributed by atoms with E-state index in [1.165, 1.54) is 18.9 Å². The van der Waals surface area contributed by atoms with Crippen molar-refractivity contribution in [1.82, 2.24) is 20.0 Å². The molecule has 0 bridgehead atoms. The molecule has 0 N–H and O–H groups in total. The van der Waals surface area contributed by atoms with Gasteiger partial charge in [0.05, 0.1) is 17.5 Å². The van der Waals surface area contributed by atoms with Gasteiger partial charge in [0, 0.05) is 36.3 Å². The third-order valence-corrected chi connectivity index (χ3v) is 6.09. The fourth-order valence-corrected chi connectivity index (χ4v) is 4.39. The van der Waals surface area contributed by atoms with Crippen LogP contribution in [0, 0.1) is 5.82 Å². The number of likely N-dealkylation sites (tertiary alicyclic amines) is 2. The second-order valence-corrected chi connectivity index (χ2v) is 7.98. The summed E-state index contributed by atoms with van der Waals surface area (Å²) in [6, 6.07) is 13.1. The molecule has 2 aliphatic heterocycles. The molecule has 1 amide bonds. The number of rotatable bonds is 4. The average Bonchev–Trinajstić information content (AvgIpc) is 3.23. The van der Waals surface area contributed by atoms with Gasteiger partial charge in [0.2, 0.25) is 0 Å². The van der Waals surface area contributed by atoms with Crippen LogP contribution >= 0.6 is 0 Å². The SMILES string of the molecule is O=C(c1cc(Cc2nncc3ccccc23)ccc1F)N1CC(N2CCCC2)C1. The zero-order valence-electron chi connectivity index (χ0n) is 16.2. The summed E-state index contributed by atoms with van der Waals surface area (Å²) >= 11 is 0. The highest BCUT2D eigenvalue weighted by atomic mass is 19.1. The average molecular weight is 390 g/mol. The van der Waals surface area contributed by atoms with Crippen LogP contribution in [0.2, 0.25) is 0 Å². The maximum absolute atomic E-state index is 14.4. The smallest absolute Gasteiger partial charge is 0.256 e. The summed E-state index contributed by atoms with van der Waals surface area (Å²) in [5, 5.41) is 10.4. The van der Waals surface area contributed by atoms with Gasteiger partial charge in [-0.3, -0.25) is 9.69 Å². The largest absolute Gasteiger partial charge is 0.335 e. The van der Waals surface area contributed by atoms with Gasteiger partial charge in [0.1, 0.15) is 5.82 Å². The Labute approximate surface area is 169 Å². The number of hydrogen-bond acceptors (Lipinski definition) is 4. The molecule has 0 radical (unpaired) electrons. The predicted molar refractivity (Wildman–Crippen MR) is 109 cm³/mol.